The van der Waals surface area contributed by atoms with Gasteiger partial charge in [-0.15, -0.1) is 0 Å². The highest BCUT2D eigenvalue weighted by atomic mass is 79.9. The Balaban J connectivity index is 3.07. The predicted molar refractivity (Wildman–Crippen MR) is 62.5 cm³/mol. The van der Waals surface area contributed by atoms with Crippen molar-refractivity contribution in [2.45, 2.75) is 19.1 Å². The minimum Gasteiger partial charge on any atom is -0.464 e. The van der Waals surface area contributed by atoms with E-state index in [1.165, 1.54) is 6.92 Å². The minimum absolute atomic E-state index is 0.0462. The largest absolute Gasteiger partial charge is 0.464 e. The summed E-state index contributed by atoms with van der Waals surface area (Å²) in [6.07, 6.45) is -2.33. The van der Waals surface area contributed by atoms with Gasteiger partial charge in [0.05, 0.1) is 17.1 Å². The Labute approximate surface area is 110 Å². The molecule has 100 valence electrons. The van der Waals surface area contributed by atoms with Crippen molar-refractivity contribution in [1.29, 1.82) is 0 Å². The maximum absolute atomic E-state index is 13.6. The van der Waals surface area contributed by atoms with E-state index in [-0.39, 0.29) is 11.1 Å². The maximum Gasteiger partial charge on any atom is 0.342 e. The third kappa shape index (κ3) is 3.02. The third-order valence-corrected chi connectivity index (χ3v) is 2.85. The summed E-state index contributed by atoms with van der Waals surface area (Å²) in [5, 5.41) is 0. The topological polar surface area (TPSA) is 52.3 Å². The van der Waals surface area contributed by atoms with Gasteiger partial charge in [0.2, 0.25) is 6.17 Å². The molecule has 0 heterocycles. The lowest BCUT2D eigenvalue weighted by Crippen LogP contribution is -2.33. The van der Waals surface area contributed by atoms with E-state index in [1.807, 2.05) is 0 Å². The summed E-state index contributed by atoms with van der Waals surface area (Å²) in [6, 6.07) is 0.292. The van der Waals surface area contributed by atoms with Crippen molar-refractivity contribution < 1.29 is 22.7 Å². The molecule has 3 nitrogen and oxygen atoms in total. The van der Waals surface area contributed by atoms with Gasteiger partial charge < -0.3 is 10.5 Å². The van der Waals surface area contributed by atoms with Gasteiger partial charge in [0.15, 0.2) is 0 Å². The number of benzene rings is 1. The number of hydrogen-bond donors (Lipinski definition) is 1. The van der Waals surface area contributed by atoms with Gasteiger partial charge in [-0.1, -0.05) is 0 Å². The molecular formula is C11H11BrF3NO2. The van der Waals surface area contributed by atoms with E-state index in [2.05, 4.69) is 20.7 Å². The molecule has 1 aromatic carbocycles. The molecule has 18 heavy (non-hydrogen) atoms. The normalized spacial score (nSPS) is 14.1. The summed E-state index contributed by atoms with van der Waals surface area (Å²) in [4.78, 5) is 11.1. The van der Waals surface area contributed by atoms with Crippen LogP contribution >= 0.6 is 15.9 Å². The quantitative estimate of drug-likeness (QED) is 0.684. The highest BCUT2D eigenvalue weighted by Crippen LogP contribution is 2.28. The second-order valence-corrected chi connectivity index (χ2v) is 4.29. The first-order valence-electron chi connectivity index (χ1n) is 5.09. The number of rotatable bonds is 4. The molecule has 1 aromatic rings. The molecule has 0 aliphatic heterocycles. The monoisotopic (exact) mass is 325 g/mol. The van der Waals surface area contributed by atoms with Crippen molar-refractivity contribution in [1.82, 2.24) is 0 Å². The number of halogens is 4. The fourth-order valence-corrected chi connectivity index (χ4v) is 1.71. The SMILES string of the molecule is CCOC(=O)C(F)[C@@H](N)c1c(F)ccc(Br)c1F. The van der Waals surface area contributed by atoms with E-state index >= 15 is 0 Å². The molecule has 0 fully saturated rings. The van der Waals surface area contributed by atoms with Gasteiger partial charge >= 0.3 is 5.97 Å². The summed E-state index contributed by atoms with van der Waals surface area (Å²) < 4.78 is 45.0. The molecular weight excluding hydrogens is 315 g/mol. The zero-order valence-electron chi connectivity index (χ0n) is 9.42. The zero-order valence-corrected chi connectivity index (χ0v) is 11.0. The minimum atomic E-state index is -2.33. The van der Waals surface area contributed by atoms with Gasteiger partial charge in [0, 0.05) is 5.56 Å². The Morgan fingerprint density at radius 2 is 2.11 bits per heavy atom. The molecule has 2 atom stereocenters. The van der Waals surface area contributed by atoms with Crippen molar-refractivity contribution in [2.75, 3.05) is 6.61 Å². The van der Waals surface area contributed by atoms with Crippen molar-refractivity contribution >= 4 is 21.9 Å². The van der Waals surface area contributed by atoms with Crippen molar-refractivity contribution in [3.8, 4) is 0 Å². The predicted octanol–water partition coefficient (Wildman–Crippen LogP) is 2.63. The van der Waals surface area contributed by atoms with E-state index in [9.17, 15) is 18.0 Å². The number of alkyl halides is 1. The lowest BCUT2D eigenvalue weighted by atomic mass is 10.0. The first-order chi connectivity index (χ1) is 8.40. The molecule has 1 rings (SSSR count). The number of ether oxygens (including phenoxy) is 1. The highest BCUT2D eigenvalue weighted by Gasteiger charge is 2.32. The smallest absolute Gasteiger partial charge is 0.342 e. The molecule has 0 saturated heterocycles. The van der Waals surface area contributed by atoms with Crippen LogP contribution in [-0.2, 0) is 9.53 Å². The van der Waals surface area contributed by atoms with Gasteiger partial charge in [-0.2, -0.15) is 0 Å². The number of esters is 1. The highest BCUT2D eigenvalue weighted by molar-refractivity contribution is 9.10. The molecule has 7 heteroatoms. The van der Waals surface area contributed by atoms with Crippen molar-refractivity contribution in [3.05, 3.63) is 33.8 Å². The maximum atomic E-state index is 13.6. The second-order valence-electron chi connectivity index (χ2n) is 3.44. The molecule has 0 spiro atoms. The number of carbonyl (C=O) groups excluding carboxylic acids is 1. The van der Waals surface area contributed by atoms with E-state index in [1.54, 1.807) is 0 Å². The van der Waals surface area contributed by atoms with Gasteiger partial charge in [-0.3, -0.25) is 0 Å². The van der Waals surface area contributed by atoms with Crippen LogP contribution in [0.15, 0.2) is 16.6 Å². The van der Waals surface area contributed by atoms with Crippen LogP contribution in [0.1, 0.15) is 18.5 Å². The number of hydrogen-bond acceptors (Lipinski definition) is 3. The Morgan fingerprint density at radius 1 is 1.50 bits per heavy atom. The fraction of sp³-hybridized carbons (Fsp3) is 0.364. The standard InChI is InChI=1S/C11H11BrF3NO2/c1-2-18-11(17)9(15)10(16)7-6(13)4-3-5(12)8(7)14/h3-4,9-10H,2,16H2,1H3/t9?,10-/m0/s1. The average molecular weight is 326 g/mol. The second kappa shape index (κ2) is 6.19. The first kappa shape index (κ1) is 15.0. The van der Waals surface area contributed by atoms with Crippen molar-refractivity contribution in [2.24, 2.45) is 5.73 Å². The van der Waals surface area contributed by atoms with Crippen LogP contribution in [0.4, 0.5) is 13.2 Å². The summed E-state index contributed by atoms with van der Waals surface area (Å²) in [5.74, 6) is -3.30. The average Bonchev–Trinajstić information content (AvgIpc) is 2.33. The summed E-state index contributed by atoms with van der Waals surface area (Å²) in [5.41, 5.74) is 4.67. The summed E-state index contributed by atoms with van der Waals surface area (Å²) in [6.45, 7) is 1.44. The third-order valence-electron chi connectivity index (χ3n) is 2.24. The molecule has 0 radical (unpaired) electrons. The van der Waals surface area contributed by atoms with Crippen molar-refractivity contribution in [3.63, 3.8) is 0 Å². The van der Waals surface area contributed by atoms with E-state index in [0.29, 0.717) is 0 Å². The Kier molecular flexibility index (Phi) is 5.15. The molecule has 0 aliphatic rings. The van der Waals surface area contributed by atoms with Crippen LogP contribution in [0.3, 0.4) is 0 Å². The Bertz CT molecular complexity index is 456. The van der Waals surface area contributed by atoms with E-state index in [4.69, 9.17) is 5.73 Å². The molecule has 0 aliphatic carbocycles. The Morgan fingerprint density at radius 3 is 2.67 bits per heavy atom. The van der Waals surface area contributed by atoms with Crippen LogP contribution in [0.2, 0.25) is 0 Å². The van der Waals surface area contributed by atoms with Crippen LogP contribution in [-0.4, -0.2) is 18.7 Å². The molecule has 0 bridgehead atoms. The Hall–Kier alpha value is -1.08. The molecule has 0 amide bonds. The van der Waals surface area contributed by atoms with Gasteiger partial charge in [-0.25, -0.2) is 18.0 Å². The zero-order chi connectivity index (χ0) is 13.9. The van der Waals surface area contributed by atoms with Crippen LogP contribution in [0.25, 0.3) is 0 Å². The number of nitrogens with two attached hydrogens (primary N) is 1. The van der Waals surface area contributed by atoms with Crippen LogP contribution < -0.4 is 5.73 Å². The van der Waals surface area contributed by atoms with Gasteiger partial charge in [0.25, 0.3) is 0 Å². The molecule has 1 unspecified atom stereocenters. The first-order valence-corrected chi connectivity index (χ1v) is 5.89. The lowest BCUT2D eigenvalue weighted by molar-refractivity contribution is -0.150. The lowest BCUT2D eigenvalue weighted by Gasteiger charge is -2.17. The van der Waals surface area contributed by atoms with Gasteiger partial charge in [0.1, 0.15) is 11.6 Å². The molecule has 0 saturated carbocycles. The van der Waals surface area contributed by atoms with E-state index in [0.717, 1.165) is 12.1 Å². The molecule has 2 N–H and O–H groups in total. The van der Waals surface area contributed by atoms with Crippen LogP contribution in [0, 0.1) is 11.6 Å². The van der Waals surface area contributed by atoms with Crippen LogP contribution in [0.5, 0.6) is 0 Å². The van der Waals surface area contributed by atoms with Gasteiger partial charge in [-0.05, 0) is 35.0 Å². The fourth-order valence-electron chi connectivity index (χ4n) is 1.36. The summed E-state index contributed by atoms with van der Waals surface area (Å²) >= 11 is 2.83. The number of carbonyl (C=O) groups is 1. The summed E-state index contributed by atoms with van der Waals surface area (Å²) in [7, 11) is 0. The molecule has 0 aromatic heterocycles. The van der Waals surface area contributed by atoms with E-state index < -0.39 is 35.4 Å².